The zero-order valence-corrected chi connectivity index (χ0v) is 11.4. The molecule has 1 atom stereocenters. The molecule has 2 N–H and O–H groups in total. The van der Waals surface area contributed by atoms with E-state index in [-0.39, 0.29) is 6.61 Å². The molecule has 1 rings (SSSR count). The number of aliphatic hydroxyl groups excluding tert-OH is 2. The van der Waals surface area contributed by atoms with Crippen molar-refractivity contribution in [2.45, 2.75) is 45.6 Å². The van der Waals surface area contributed by atoms with Crippen LogP contribution in [0.1, 0.15) is 49.8 Å². The van der Waals surface area contributed by atoms with Gasteiger partial charge in [-0.2, -0.15) is 0 Å². The Bertz CT molecular complexity index is 348. The van der Waals surface area contributed by atoms with Crippen LogP contribution < -0.4 is 4.74 Å². The van der Waals surface area contributed by atoms with Crippen molar-refractivity contribution in [3.63, 3.8) is 0 Å². The standard InChI is InChI=1S/C15H24O3/c1-12-7-8-14(13(2)17)15(11-12)18-10-6-4-3-5-9-16/h7-8,11,13,16-17H,3-6,9-10H2,1-2H3/t13-/m1/s1. The van der Waals surface area contributed by atoms with Crippen molar-refractivity contribution < 1.29 is 14.9 Å². The Balaban J connectivity index is 2.43. The predicted octanol–water partition coefficient (Wildman–Crippen LogP) is 2.98. The molecule has 0 heterocycles. The fourth-order valence-electron chi connectivity index (χ4n) is 1.86. The molecular formula is C15H24O3. The predicted molar refractivity (Wildman–Crippen MR) is 72.9 cm³/mol. The lowest BCUT2D eigenvalue weighted by molar-refractivity contribution is 0.190. The Kier molecular flexibility index (Phi) is 6.76. The number of aliphatic hydroxyl groups is 2. The van der Waals surface area contributed by atoms with Crippen LogP contribution in [0.4, 0.5) is 0 Å². The summed E-state index contributed by atoms with van der Waals surface area (Å²) in [6, 6.07) is 5.87. The maximum Gasteiger partial charge on any atom is 0.125 e. The maximum absolute atomic E-state index is 9.66. The Labute approximate surface area is 109 Å². The molecule has 0 aliphatic rings. The molecule has 0 aliphatic heterocycles. The summed E-state index contributed by atoms with van der Waals surface area (Å²) >= 11 is 0. The highest BCUT2D eigenvalue weighted by Gasteiger charge is 2.08. The smallest absolute Gasteiger partial charge is 0.125 e. The van der Waals surface area contributed by atoms with E-state index in [0.717, 1.165) is 42.6 Å². The van der Waals surface area contributed by atoms with E-state index in [1.165, 1.54) is 0 Å². The number of rotatable bonds is 8. The Morgan fingerprint density at radius 2 is 1.89 bits per heavy atom. The summed E-state index contributed by atoms with van der Waals surface area (Å²) in [5.74, 6) is 0.784. The molecule has 0 amide bonds. The van der Waals surface area contributed by atoms with Crippen molar-refractivity contribution in [3.05, 3.63) is 29.3 Å². The summed E-state index contributed by atoms with van der Waals surface area (Å²) in [4.78, 5) is 0. The first-order valence-corrected chi connectivity index (χ1v) is 6.67. The third-order valence-corrected chi connectivity index (χ3v) is 2.93. The monoisotopic (exact) mass is 252 g/mol. The van der Waals surface area contributed by atoms with Crippen molar-refractivity contribution >= 4 is 0 Å². The van der Waals surface area contributed by atoms with Gasteiger partial charge in [-0.25, -0.2) is 0 Å². The molecule has 3 heteroatoms. The van der Waals surface area contributed by atoms with Crippen molar-refractivity contribution in [3.8, 4) is 5.75 Å². The highest BCUT2D eigenvalue weighted by atomic mass is 16.5. The van der Waals surface area contributed by atoms with Gasteiger partial charge in [0.1, 0.15) is 5.75 Å². The highest BCUT2D eigenvalue weighted by Crippen LogP contribution is 2.26. The summed E-state index contributed by atoms with van der Waals surface area (Å²) < 4.78 is 5.74. The van der Waals surface area contributed by atoms with Gasteiger partial charge in [0, 0.05) is 12.2 Å². The van der Waals surface area contributed by atoms with Gasteiger partial charge in [-0.3, -0.25) is 0 Å². The minimum absolute atomic E-state index is 0.269. The van der Waals surface area contributed by atoms with Crippen LogP contribution in [0.5, 0.6) is 5.75 Å². The average Bonchev–Trinajstić information content (AvgIpc) is 2.33. The Hall–Kier alpha value is -1.06. The number of benzene rings is 1. The van der Waals surface area contributed by atoms with Gasteiger partial charge in [0.15, 0.2) is 0 Å². The van der Waals surface area contributed by atoms with Crippen molar-refractivity contribution in [2.75, 3.05) is 13.2 Å². The third-order valence-electron chi connectivity index (χ3n) is 2.93. The number of hydrogen-bond acceptors (Lipinski definition) is 3. The first-order valence-electron chi connectivity index (χ1n) is 6.67. The molecule has 0 spiro atoms. The van der Waals surface area contributed by atoms with Crippen LogP contribution in [0.25, 0.3) is 0 Å². The molecule has 0 unspecified atom stereocenters. The van der Waals surface area contributed by atoms with Crippen LogP contribution in [0.2, 0.25) is 0 Å². The van der Waals surface area contributed by atoms with Crippen LogP contribution in [0.15, 0.2) is 18.2 Å². The lowest BCUT2D eigenvalue weighted by Gasteiger charge is -2.14. The summed E-state index contributed by atoms with van der Waals surface area (Å²) in [5, 5.41) is 18.3. The number of ether oxygens (including phenoxy) is 1. The maximum atomic E-state index is 9.66. The van der Waals surface area contributed by atoms with Gasteiger partial charge in [0.2, 0.25) is 0 Å². The molecule has 0 bridgehead atoms. The van der Waals surface area contributed by atoms with Gasteiger partial charge in [-0.1, -0.05) is 18.6 Å². The zero-order chi connectivity index (χ0) is 13.4. The summed E-state index contributed by atoms with van der Waals surface area (Å²) in [7, 11) is 0. The van der Waals surface area contributed by atoms with E-state index in [0.29, 0.717) is 6.61 Å². The second kappa shape index (κ2) is 8.11. The fourth-order valence-corrected chi connectivity index (χ4v) is 1.86. The quantitative estimate of drug-likeness (QED) is 0.699. The van der Waals surface area contributed by atoms with E-state index >= 15 is 0 Å². The fraction of sp³-hybridized carbons (Fsp3) is 0.600. The van der Waals surface area contributed by atoms with E-state index in [2.05, 4.69) is 0 Å². The number of hydrogen-bond donors (Lipinski definition) is 2. The van der Waals surface area contributed by atoms with Crippen LogP contribution in [-0.4, -0.2) is 23.4 Å². The molecule has 102 valence electrons. The molecule has 18 heavy (non-hydrogen) atoms. The molecule has 0 radical (unpaired) electrons. The number of aryl methyl sites for hydroxylation is 1. The summed E-state index contributed by atoms with van der Waals surface area (Å²) in [6.07, 6.45) is 3.44. The molecule has 0 fully saturated rings. The Morgan fingerprint density at radius 1 is 1.17 bits per heavy atom. The second-order valence-corrected chi connectivity index (χ2v) is 4.70. The summed E-state index contributed by atoms with van der Waals surface area (Å²) in [6.45, 7) is 4.69. The molecule has 0 aliphatic carbocycles. The van der Waals surface area contributed by atoms with E-state index in [4.69, 9.17) is 9.84 Å². The van der Waals surface area contributed by atoms with Crippen LogP contribution >= 0.6 is 0 Å². The molecule has 0 aromatic heterocycles. The third kappa shape index (κ3) is 5.07. The minimum Gasteiger partial charge on any atom is -0.493 e. The van der Waals surface area contributed by atoms with Gasteiger partial charge in [-0.05, 0) is 44.7 Å². The lowest BCUT2D eigenvalue weighted by atomic mass is 10.1. The van der Waals surface area contributed by atoms with Gasteiger partial charge in [-0.15, -0.1) is 0 Å². The molecular weight excluding hydrogens is 228 g/mol. The van der Waals surface area contributed by atoms with E-state index in [1.54, 1.807) is 6.92 Å². The normalized spacial score (nSPS) is 12.4. The first kappa shape index (κ1) is 15.0. The summed E-state index contributed by atoms with van der Waals surface area (Å²) in [5.41, 5.74) is 1.98. The van der Waals surface area contributed by atoms with Crippen molar-refractivity contribution in [2.24, 2.45) is 0 Å². The average molecular weight is 252 g/mol. The first-order chi connectivity index (χ1) is 8.65. The lowest BCUT2D eigenvalue weighted by Crippen LogP contribution is -2.03. The second-order valence-electron chi connectivity index (χ2n) is 4.70. The van der Waals surface area contributed by atoms with E-state index < -0.39 is 6.10 Å². The highest BCUT2D eigenvalue weighted by molar-refractivity contribution is 5.38. The SMILES string of the molecule is Cc1ccc([C@@H](C)O)c(OCCCCCCO)c1. The number of unbranched alkanes of at least 4 members (excludes halogenated alkanes) is 3. The van der Waals surface area contributed by atoms with Crippen LogP contribution in [-0.2, 0) is 0 Å². The van der Waals surface area contributed by atoms with Crippen molar-refractivity contribution in [1.82, 2.24) is 0 Å². The largest absolute Gasteiger partial charge is 0.493 e. The topological polar surface area (TPSA) is 49.7 Å². The molecule has 3 nitrogen and oxygen atoms in total. The molecule has 1 aromatic rings. The van der Waals surface area contributed by atoms with Gasteiger partial charge in [0.25, 0.3) is 0 Å². The van der Waals surface area contributed by atoms with Crippen molar-refractivity contribution in [1.29, 1.82) is 0 Å². The van der Waals surface area contributed by atoms with Gasteiger partial charge >= 0.3 is 0 Å². The zero-order valence-electron chi connectivity index (χ0n) is 11.4. The van der Waals surface area contributed by atoms with E-state index in [1.807, 2.05) is 25.1 Å². The molecule has 0 saturated carbocycles. The van der Waals surface area contributed by atoms with Gasteiger partial charge < -0.3 is 14.9 Å². The minimum atomic E-state index is -0.505. The van der Waals surface area contributed by atoms with Gasteiger partial charge in [0.05, 0.1) is 12.7 Å². The van der Waals surface area contributed by atoms with Crippen LogP contribution in [0, 0.1) is 6.92 Å². The Morgan fingerprint density at radius 3 is 2.56 bits per heavy atom. The molecule has 1 aromatic carbocycles. The van der Waals surface area contributed by atoms with Crippen LogP contribution in [0.3, 0.4) is 0 Å². The molecule has 0 saturated heterocycles. The van der Waals surface area contributed by atoms with E-state index in [9.17, 15) is 5.11 Å².